The van der Waals surface area contributed by atoms with Crippen LogP contribution in [0.15, 0.2) is 25.0 Å². The van der Waals surface area contributed by atoms with Gasteiger partial charge in [0.25, 0.3) is 0 Å². The molecule has 0 aromatic rings. The van der Waals surface area contributed by atoms with Crippen LogP contribution >= 0.6 is 0 Å². The first-order valence-electron chi connectivity index (χ1n) is 5.59. The van der Waals surface area contributed by atoms with Gasteiger partial charge in [0.05, 0.1) is 17.5 Å². The quantitative estimate of drug-likeness (QED) is 0.430. The Morgan fingerprint density at radius 1 is 1.19 bits per heavy atom. The second-order valence-electron chi connectivity index (χ2n) is 4.97. The molecule has 1 rings (SSSR count). The van der Waals surface area contributed by atoms with Crippen molar-refractivity contribution < 1.29 is 13.3 Å². The maximum atomic E-state index is 6.07. The fourth-order valence-electron chi connectivity index (χ4n) is 1.61. The molecule has 16 heavy (non-hydrogen) atoms. The van der Waals surface area contributed by atoms with Crippen molar-refractivity contribution in [3.05, 3.63) is 25.0 Å². The van der Waals surface area contributed by atoms with Crippen LogP contribution in [-0.2, 0) is 13.3 Å². The first-order valence-corrected chi connectivity index (χ1v) is 7.52. The predicted molar refractivity (Wildman–Crippen MR) is 67.0 cm³/mol. The smallest absolute Gasteiger partial charge is 0.508 e. The number of allylic oxidation sites excluding steroid dienone is 2. The minimum atomic E-state index is -2.63. The topological polar surface area (TPSA) is 27.7 Å². The van der Waals surface area contributed by atoms with Gasteiger partial charge >= 0.3 is 8.80 Å². The molecule has 1 fully saturated rings. The molecule has 0 N–H and O–H groups in total. The lowest BCUT2D eigenvalue weighted by Gasteiger charge is -2.31. The Balaban J connectivity index is 2.94. The average molecular weight is 242 g/mol. The van der Waals surface area contributed by atoms with E-state index >= 15 is 0 Å². The number of hydrogen-bond acceptors (Lipinski definition) is 3. The molecule has 1 saturated heterocycles. The third kappa shape index (κ3) is 2.39. The molecule has 0 radical (unpaired) electrons. The first-order chi connectivity index (χ1) is 7.29. The van der Waals surface area contributed by atoms with E-state index in [1.54, 1.807) is 0 Å². The second kappa shape index (κ2) is 4.35. The first kappa shape index (κ1) is 13.5. The van der Waals surface area contributed by atoms with Crippen LogP contribution in [0.25, 0.3) is 0 Å². The molecule has 0 aliphatic carbocycles. The van der Waals surface area contributed by atoms with Crippen molar-refractivity contribution in [3.8, 4) is 0 Å². The van der Waals surface area contributed by atoms with Gasteiger partial charge in [-0.3, -0.25) is 0 Å². The number of hydrogen-bond donors (Lipinski definition) is 0. The van der Waals surface area contributed by atoms with Gasteiger partial charge in [0.2, 0.25) is 0 Å². The van der Waals surface area contributed by atoms with Crippen LogP contribution in [0.1, 0.15) is 34.6 Å². The Hall–Kier alpha value is -0.583. The molecule has 0 atom stereocenters. The Morgan fingerprint density at radius 2 is 1.69 bits per heavy atom. The van der Waals surface area contributed by atoms with Gasteiger partial charge in [-0.15, -0.1) is 0 Å². The van der Waals surface area contributed by atoms with Gasteiger partial charge in [-0.25, -0.2) is 0 Å². The fraction of sp³-hybridized carbons (Fsp3) is 0.667. The van der Waals surface area contributed by atoms with Crippen LogP contribution in [0.2, 0.25) is 6.04 Å². The molecule has 0 bridgehead atoms. The average Bonchev–Trinajstić information content (AvgIpc) is 2.30. The van der Waals surface area contributed by atoms with Gasteiger partial charge in [-0.05, 0) is 34.6 Å². The van der Waals surface area contributed by atoms with Gasteiger partial charge in [-0.1, -0.05) is 18.7 Å². The molecule has 3 nitrogen and oxygen atoms in total. The summed E-state index contributed by atoms with van der Waals surface area (Å²) in [5, 5.41) is 0. The summed E-state index contributed by atoms with van der Waals surface area (Å²) in [4.78, 5) is 0. The highest BCUT2D eigenvalue weighted by atomic mass is 28.4. The lowest BCUT2D eigenvalue weighted by molar-refractivity contribution is 0.00578. The summed E-state index contributed by atoms with van der Waals surface area (Å²) in [6, 6.07) is 0.683. The van der Waals surface area contributed by atoms with Gasteiger partial charge in [0.15, 0.2) is 0 Å². The summed E-state index contributed by atoms with van der Waals surface area (Å²) in [6.45, 7) is 13.7. The standard InChI is InChI=1S/C12H22O3Si/c1-7-9-10-16(13-8-2)14-11(3,4)12(5,6)15-16/h7-9H,2,10H2,1,3-6H3/b9-7+. The summed E-state index contributed by atoms with van der Waals surface area (Å²) in [6.07, 6.45) is 5.42. The summed E-state index contributed by atoms with van der Waals surface area (Å²) >= 11 is 0. The molecule has 0 aromatic carbocycles. The van der Waals surface area contributed by atoms with Crippen molar-refractivity contribution in [3.63, 3.8) is 0 Å². The minimum absolute atomic E-state index is 0.343. The lowest BCUT2D eigenvalue weighted by Crippen LogP contribution is -2.41. The van der Waals surface area contributed by atoms with Crippen molar-refractivity contribution in [2.75, 3.05) is 0 Å². The van der Waals surface area contributed by atoms with Crippen LogP contribution < -0.4 is 0 Å². The van der Waals surface area contributed by atoms with Crippen LogP contribution in [0.4, 0.5) is 0 Å². The lowest BCUT2D eigenvalue weighted by atomic mass is 9.90. The van der Waals surface area contributed by atoms with E-state index in [4.69, 9.17) is 13.3 Å². The third-order valence-electron chi connectivity index (χ3n) is 3.14. The van der Waals surface area contributed by atoms with E-state index < -0.39 is 8.80 Å². The molecule has 0 aromatic heterocycles. The zero-order valence-corrected chi connectivity index (χ0v) is 11.9. The van der Waals surface area contributed by atoms with E-state index in [1.165, 1.54) is 6.26 Å². The van der Waals surface area contributed by atoms with E-state index in [-0.39, 0.29) is 11.2 Å². The monoisotopic (exact) mass is 242 g/mol. The molecule has 1 aliphatic heterocycles. The van der Waals surface area contributed by atoms with Crippen LogP contribution in [-0.4, -0.2) is 20.0 Å². The Bertz CT molecular complexity index is 279. The highest BCUT2D eigenvalue weighted by molar-refractivity contribution is 6.62. The fourth-order valence-corrected chi connectivity index (χ4v) is 4.84. The third-order valence-corrected chi connectivity index (χ3v) is 6.04. The van der Waals surface area contributed by atoms with Gasteiger partial charge in [-0.2, -0.15) is 0 Å². The van der Waals surface area contributed by atoms with E-state index in [2.05, 4.69) is 6.58 Å². The summed E-state index contributed by atoms with van der Waals surface area (Å²) < 4.78 is 17.7. The maximum absolute atomic E-state index is 6.07. The van der Waals surface area contributed by atoms with Crippen molar-refractivity contribution in [1.29, 1.82) is 0 Å². The predicted octanol–water partition coefficient (Wildman–Crippen LogP) is 3.27. The molecule has 4 heteroatoms. The zero-order valence-electron chi connectivity index (χ0n) is 10.9. The van der Waals surface area contributed by atoms with Gasteiger partial charge < -0.3 is 13.3 Å². The Morgan fingerprint density at radius 3 is 2.06 bits per heavy atom. The van der Waals surface area contributed by atoms with E-state index in [0.29, 0.717) is 6.04 Å². The molecule has 0 spiro atoms. The van der Waals surface area contributed by atoms with E-state index in [0.717, 1.165) is 0 Å². The normalized spacial score (nSPS) is 25.8. The van der Waals surface area contributed by atoms with Gasteiger partial charge in [0, 0.05) is 6.04 Å². The van der Waals surface area contributed by atoms with Gasteiger partial charge in [0.1, 0.15) is 0 Å². The number of rotatable bonds is 4. The maximum Gasteiger partial charge on any atom is 0.570 e. The van der Waals surface area contributed by atoms with E-state index in [1.807, 2.05) is 46.8 Å². The SMILES string of the molecule is C=CO[Si]1(C/C=C/C)OC(C)(C)C(C)(C)O1. The van der Waals surface area contributed by atoms with Crippen LogP contribution in [0.3, 0.4) is 0 Å². The van der Waals surface area contributed by atoms with Crippen molar-refractivity contribution in [1.82, 2.24) is 0 Å². The summed E-state index contributed by atoms with van der Waals surface area (Å²) in [5.41, 5.74) is -0.687. The summed E-state index contributed by atoms with van der Waals surface area (Å²) in [7, 11) is -2.63. The molecule has 0 amide bonds. The molecular weight excluding hydrogens is 220 g/mol. The van der Waals surface area contributed by atoms with Crippen LogP contribution in [0.5, 0.6) is 0 Å². The molecule has 0 unspecified atom stereocenters. The second-order valence-corrected chi connectivity index (χ2v) is 7.38. The van der Waals surface area contributed by atoms with Crippen molar-refractivity contribution >= 4 is 8.80 Å². The van der Waals surface area contributed by atoms with Crippen molar-refractivity contribution in [2.24, 2.45) is 0 Å². The molecule has 1 aliphatic rings. The van der Waals surface area contributed by atoms with Crippen LogP contribution in [0, 0.1) is 0 Å². The molecular formula is C12H22O3Si. The summed E-state index contributed by atoms with van der Waals surface area (Å²) in [5.74, 6) is 0. The Kier molecular flexibility index (Phi) is 3.67. The molecule has 92 valence electrons. The highest BCUT2D eigenvalue weighted by Crippen LogP contribution is 2.43. The van der Waals surface area contributed by atoms with E-state index in [9.17, 15) is 0 Å². The highest BCUT2D eigenvalue weighted by Gasteiger charge is 2.62. The molecule has 1 heterocycles. The Labute approximate surface area is 99.5 Å². The van der Waals surface area contributed by atoms with Crippen molar-refractivity contribution in [2.45, 2.75) is 51.9 Å². The minimum Gasteiger partial charge on any atom is -0.508 e. The zero-order chi connectivity index (χ0) is 12.4. The largest absolute Gasteiger partial charge is 0.570 e. The molecule has 0 saturated carbocycles.